The summed E-state index contributed by atoms with van der Waals surface area (Å²) in [6.45, 7) is 5.44. The second-order valence-corrected chi connectivity index (χ2v) is 3.70. The Kier molecular flexibility index (Phi) is 4.25. The van der Waals surface area contributed by atoms with Gasteiger partial charge in [0.1, 0.15) is 5.82 Å². The number of anilines is 1. The Morgan fingerprint density at radius 3 is 3.17 bits per heavy atom. The van der Waals surface area contributed by atoms with Crippen molar-refractivity contribution in [1.82, 2.24) is 14.6 Å². The number of nitrogens with one attached hydrogen (secondary N) is 1. The normalized spacial score (nSPS) is 10.7. The smallest absolute Gasteiger partial charge is 0.243 e. The first kappa shape index (κ1) is 12.5. The summed E-state index contributed by atoms with van der Waals surface area (Å²) in [5.41, 5.74) is 0.603. The number of nitrogens with zero attached hydrogens (tertiary/aromatic N) is 3. The van der Waals surface area contributed by atoms with Crippen LogP contribution in [-0.2, 0) is 4.74 Å². The van der Waals surface area contributed by atoms with Crippen LogP contribution < -0.4 is 5.32 Å². The van der Waals surface area contributed by atoms with Gasteiger partial charge in [-0.25, -0.2) is 8.91 Å². The maximum absolute atomic E-state index is 12.9. The van der Waals surface area contributed by atoms with E-state index in [4.69, 9.17) is 4.74 Å². The van der Waals surface area contributed by atoms with Gasteiger partial charge in [0.2, 0.25) is 5.95 Å². The van der Waals surface area contributed by atoms with E-state index in [2.05, 4.69) is 22.0 Å². The van der Waals surface area contributed by atoms with Crippen molar-refractivity contribution in [3.63, 3.8) is 0 Å². The molecule has 2 aromatic rings. The minimum atomic E-state index is -0.341. The van der Waals surface area contributed by atoms with Crippen molar-refractivity contribution in [2.24, 2.45) is 0 Å². The van der Waals surface area contributed by atoms with Gasteiger partial charge in [0, 0.05) is 6.54 Å². The van der Waals surface area contributed by atoms with Gasteiger partial charge in [-0.1, -0.05) is 6.08 Å². The quantitative estimate of drug-likeness (QED) is 0.602. The number of hydrogen-bond acceptors (Lipinski definition) is 4. The standard InChI is InChI=1S/C12H15FN4O/c1-2-3-7-18-8-6-14-12-15-11-5-4-10(13)9-17(11)16-12/h2,4-5,9H,1,3,6-8H2,(H,14,16). The zero-order valence-corrected chi connectivity index (χ0v) is 9.97. The highest BCUT2D eigenvalue weighted by atomic mass is 19.1. The lowest BCUT2D eigenvalue weighted by atomic mass is 10.4. The minimum absolute atomic E-state index is 0.341. The lowest BCUT2D eigenvalue weighted by Crippen LogP contribution is -2.10. The van der Waals surface area contributed by atoms with Crippen LogP contribution in [0.4, 0.5) is 10.3 Å². The largest absolute Gasteiger partial charge is 0.379 e. The number of ether oxygens (including phenoxy) is 1. The molecule has 0 bridgehead atoms. The molecule has 0 spiro atoms. The van der Waals surface area contributed by atoms with E-state index in [0.29, 0.717) is 31.4 Å². The van der Waals surface area contributed by atoms with Crippen LogP contribution in [-0.4, -0.2) is 34.4 Å². The van der Waals surface area contributed by atoms with Crippen molar-refractivity contribution in [2.45, 2.75) is 6.42 Å². The maximum atomic E-state index is 12.9. The summed E-state index contributed by atoms with van der Waals surface area (Å²) in [5.74, 6) is 0.125. The Labute approximate surface area is 104 Å². The van der Waals surface area contributed by atoms with E-state index < -0.39 is 0 Å². The first-order valence-electron chi connectivity index (χ1n) is 5.74. The van der Waals surface area contributed by atoms with Crippen LogP contribution >= 0.6 is 0 Å². The molecule has 0 saturated heterocycles. The molecular formula is C12H15FN4O. The summed E-state index contributed by atoms with van der Waals surface area (Å²) in [5, 5.41) is 7.10. The summed E-state index contributed by atoms with van der Waals surface area (Å²) in [4.78, 5) is 4.19. The Balaban J connectivity index is 1.82. The summed E-state index contributed by atoms with van der Waals surface area (Å²) in [6, 6.07) is 2.93. The summed E-state index contributed by atoms with van der Waals surface area (Å²) < 4.78 is 19.7. The molecule has 0 radical (unpaired) electrons. The highest BCUT2D eigenvalue weighted by Gasteiger charge is 2.03. The average Bonchev–Trinajstić information content (AvgIpc) is 2.75. The van der Waals surface area contributed by atoms with Gasteiger partial charge in [0.25, 0.3) is 0 Å². The van der Waals surface area contributed by atoms with E-state index in [1.54, 1.807) is 6.07 Å². The summed E-state index contributed by atoms with van der Waals surface area (Å²) in [7, 11) is 0. The summed E-state index contributed by atoms with van der Waals surface area (Å²) in [6.07, 6.45) is 3.94. The molecule has 2 heterocycles. The Hall–Kier alpha value is -1.95. The molecule has 2 aromatic heterocycles. The van der Waals surface area contributed by atoms with Gasteiger partial charge < -0.3 is 10.1 Å². The van der Waals surface area contributed by atoms with Gasteiger partial charge in [-0.2, -0.15) is 4.98 Å². The zero-order chi connectivity index (χ0) is 12.8. The molecule has 18 heavy (non-hydrogen) atoms. The molecular weight excluding hydrogens is 235 g/mol. The number of rotatable bonds is 7. The van der Waals surface area contributed by atoms with Gasteiger partial charge in [0.05, 0.1) is 19.4 Å². The van der Waals surface area contributed by atoms with Crippen LogP contribution in [0.25, 0.3) is 5.65 Å². The third-order valence-electron chi connectivity index (χ3n) is 2.29. The lowest BCUT2D eigenvalue weighted by Gasteiger charge is -2.02. The van der Waals surface area contributed by atoms with Gasteiger partial charge >= 0.3 is 0 Å². The molecule has 0 aromatic carbocycles. The first-order valence-corrected chi connectivity index (χ1v) is 5.74. The number of pyridine rings is 1. The number of aromatic nitrogens is 3. The van der Waals surface area contributed by atoms with Crippen LogP contribution in [0.2, 0.25) is 0 Å². The molecule has 0 aliphatic rings. The van der Waals surface area contributed by atoms with E-state index in [1.165, 1.54) is 16.8 Å². The van der Waals surface area contributed by atoms with Gasteiger partial charge in [-0.05, 0) is 18.6 Å². The highest BCUT2D eigenvalue weighted by molar-refractivity contribution is 5.42. The van der Waals surface area contributed by atoms with E-state index in [9.17, 15) is 4.39 Å². The highest BCUT2D eigenvalue weighted by Crippen LogP contribution is 2.06. The second-order valence-electron chi connectivity index (χ2n) is 3.70. The molecule has 0 aliphatic carbocycles. The van der Waals surface area contributed by atoms with Crippen LogP contribution in [0.3, 0.4) is 0 Å². The molecule has 0 atom stereocenters. The molecule has 0 amide bonds. The third kappa shape index (κ3) is 3.27. The van der Waals surface area contributed by atoms with Crippen molar-refractivity contribution in [2.75, 3.05) is 25.1 Å². The molecule has 0 aliphatic heterocycles. The Morgan fingerprint density at radius 2 is 2.33 bits per heavy atom. The third-order valence-corrected chi connectivity index (χ3v) is 2.29. The maximum Gasteiger partial charge on any atom is 0.243 e. The fourth-order valence-electron chi connectivity index (χ4n) is 1.44. The van der Waals surface area contributed by atoms with Crippen molar-refractivity contribution >= 4 is 11.6 Å². The fourth-order valence-corrected chi connectivity index (χ4v) is 1.44. The lowest BCUT2D eigenvalue weighted by molar-refractivity contribution is 0.149. The van der Waals surface area contributed by atoms with E-state index in [1.807, 2.05) is 6.08 Å². The number of fused-ring (bicyclic) bond motifs is 1. The Bertz CT molecular complexity index is 526. The monoisotopic (exact) mass is 250 g/mol. The number of hydrogen-bond donors (Lipinski definition) is 1. The molecule has 0 fully saturated rings. The molecule has 5 nitrogen and oxygen atoms in total. The summed E-state index contributed by atoms with van der Waals surface area (Å²) >= 11 is 0. The average molecular weight is 250 g/mol. The molecule has 0 unspecified atom stereocenters. The molecule has 96 valence electrons. The second kappa shape index (κ2) is 6.11. The molecule has 6 heteroatoms. The van der Waals surface area contributed by atoms with Crippen LogP contribution in [0.15, 0.2) is 31.0 Å². The number of halogens is 1. The Morgan fingerprint density at radius 1 is 1.44 bits per heavy atom. The van der Waals surface area contributed by atoms with Crippen LogP contribution in [0, 0.1) is 5.82 Å². The minimum Gasteiger partial charge on any atom is -0.379 e. The topological polar surface area (TPSA) is 51.5 Å². The van der Waals surface area contributed by atoms with Crippen LogP contribution in [0.1, 0.15) is 6.42 Å². The van der Waals surface area contributed by atoms with E-state index >= 15 is 0 Å². The fraction of sp³-hybridized carbons (Fsp3) is 0.333. The van der Waals surface area contributed by atoms with Crippen LogP contribution in [0.5, 0.6) is 0 Å². The zero-order valence-electron chi connectivity index (χ0n) is 9.97. The predicted octanol–water partition coefficient (Wildman–Crippen LogP) is 1.87. The molecule has 2 rings (SSSR count). The van der Waals surface area contributed by atoms with Crippen molar-refractivity contribution in [1.29, 1.82) is 0 Å². The molecule has 1 N–H and O–H groups in total. The van der Waals surface area contributed by atoms with Crippen molar-refractivity contribution in [3.8, 4) is 0 Å². The van der Waals surface area contributed by atoms with Crippen molar-refractivity contribution in [3.05, 3.63) is 36.8 Å². The van der Waals surface area contributed by atoms with E-state index in [0.717, 1.165) is 6.42 Å². The SMILES string of the molecule is C=CCCOCCNc1nc2ccc(F)cn2n1. The van der Waals surface area contributed by atoms with Crippen molar-refractivity contribution < 1.29 is 9.13 Å². The first-order chi connectivity index (χ1) is 8.79. The predicted molar refractivity (Wildman–Crippen MR) is 67.1 cm³/mol. The van der Waals surface area contributed by atoms with E-state index in [-0.39, 0.29) is 5.82 Å². The van der Waals surface area contributed by atoms with Gasteiger partial charge in [-0.3, -0.25) is 0 Å². The van der Waals surface area contributed by atoms with Gasteiger partial charge in [0.15, 0.2) is 5.65 Å². The van der Waals surface area contributed by atoms with Gasteiger partial charge in [-0.15, -0.1) is 11.7 Å². The molecule has 0 saturated carbocycles.